The topological polar surface area (TPSA) is 45.2 Å². The van der Waals surface area contributed by atoms with Crippen molar-refractivity contribution in [3.8, 4) is 0 Å². The monoisotopic (exact) mass is 261 g/mol. The van der Waals surface area contributed by atoms with Crippen LogP contribution in [-0.4, -0.2) is 35.4 Å². The van der Waals surface area contributed by atoms with Crippen molar-refractivity contribution < 1.29 is 4.79 Å². The molecule has 2 heterocycles. The van der Waals surface area contributed by atoms with E-state index >= 15 is 0 Å². The van der Waals surface area contributed by atoms with Gasteiger partial charge in [-0.3, -0.25) is 9.78 Å². The first-order valence-electron chi connectivity index (χ1n) is 6.98. The number of aromatic nitrogens is 1. The van der Waals surface area contributed by atoms with Crippen LogP contribution >= 0.6 is 0 Å². The van der Waals surface area contributed by atoms with E-state index in [-0.39, 0.29) is 5.91 Å². The highest BCUT2D eigenvalue weighted by Crippen LogP contribution is 2.25. The highest BCUT2D eigenvalue weighted by Gasteiger charge is 2.28. The molecule has 0 radical (unpaired) electrons. The summed E-state index contributed by atoms with van der Waals surface area (Å²) in [5, 5.41) is 3.09. The summed E-state index contributed by atoms with van der Waals surface area (Å²) in [4.78, 5) is 18.9. The minimum absolute atomic E-state index is 0.0934. The Hall–Kier alpha value is -1.58. The van der Waals surface area contributed by atoms with E-state index in [9.17, 15) is 4.79 Å². The minimum atomic E-state index is 0.0934. The summed E-state index contributed by atoms with van der Waals surface area (Å²) < 4.78 is 0. The summed E-state index contributed by atoms with van der Waals surface area (Å²) in [6.45, 7) is 7.11. The minimum Gasteiger partial charge on any atom is -0.387 e. The average molecular weight is 261 g/mol. The third kappa shape index (κ3) is 2.88. The normalized spacial score (nSPS) is 23.3. The Morgan fingerprint density at radius 1 is 1.42 bits per heavy atom. The molecule has 104 valence electrons. The lowest BCUT2D eigenvalue weighted by Crippen LogP contribution is -2.45. The van der Waals surface area contributed by atoms with Gasteiger partial charge in [-0.1, -0.05) is 6.92 Å². The number of pyridine rings is 1. The molecule has 1 N–H and O–H groups in total. The van der Waals surface area contributed by atoms with Gasteiger partial charge in [-0.15, -0.1) is 0 Å². The van der Waals surface area contributed by atoms with Crippen LogP contribution in [0.15, 0.2) is 12.3 Å². The van der Waals surface area contributed by atoms with Crippen LogP contribution < -0.4 is 5.32 Å². The van der Waals surface area contributed by atoms with Crippen molar-refractivity contribution in [1.82, 2.24) is 9.88 Å². The predicted molar refractivity (Wildman–Crippen MR) is 77.4 cm³/mol. The Balaban J connectivity index is 2.28. The van der Waals surface area contributed by atoms with Gasteiger partial charge in [0.15, 0.2) is 0 Å². The Bertz CT molecular complexity index is 472. The van der Waals surface area contributed by atoms with Crippen molar-refractivity contribution in [3.63, 3.8) is 0 Å². The number of amides is 1. The molecule has 4 nitrogen and oxygen atoms in total. The lowest BCUT2D eigenvalue weighted by molar-refractivity contribution is 0.0574. The second-order valence-electron chi connectivity index (χ2n) is 5.61. The molecule has 0 aliphatic carbocycles. The van der Waals surface area contributed by atoms with Crippen molar-refractivity contribution in [1.29, 1.82) is 0 Å². The third-order valence-electron chi connectivity index (χ3n) is 3.92. The van der Waals surface area contributed by atoms with Crippen LogP contribution in [-0.2, 0) is 0 Å². The summed E-state index contributed by atoms with van der Waals surface area (Å²) in [7, 11) is 1.84. The number of hydrogen-bond acceptors (Lipinski definition) is 3. The number of likely N-dealkylation sites (tertiary alicyclic amines) is 1. The Morgan fingerprint density at radius 2 is 2.16 bits per heavy atom. The highest BCUT2D eigenvalue weighted by atomic mass is 16.2. The SMILES string of the molecule is CNc1cc(C)ncc1C(=O)N1CC(C)CCC1C. The van der Waals surface area contributed by atoms with Crippen molar-refractivity contribution in [3.05, 3.63) is 23.5 Å². The molecule has 1 aromatic rings. The van der Waals surface area contributed by atoms with Crippen LogP contribution in [0.2, 0.25) is 0 Å². The maximum Gasteiger partial charge on any atom is 0.257 e. The molecule has 1 aromatic heterocycles. The molecule has 2 atom stereocenters. The van der Waals surface area contributed by atoms with Gasteiger partial charge in [-0.05, 0) is 38.7 Å². The van der Waals surface area contributed by atoms with Gasteiger partial charge in [0, 0.05) is 31.5 Å². The number of piperidine rings is 1. The molecule has 1 aliphatic heterocycles. The first-order chi connectivity index (χ1) is 9.02. The number of nitrogens with one attached hydrogen (secondary N) is 1. The van der Waals surface area contributed by atoms with E-state index < -0.39 is 0 Å². The number of anilines is 1. The van der Waals surface area contributed by atoms with Crippen LogP contribution in [0.1, 0.15) is 42.7 Å². The van der Waals surface area contributed by atoms with Crippen molar-refractivity contribution in [2.75, 3.05) is 18.9 Å². The quantitative estimate of drug-likeness (QED) is 0.890. The first kappa shape index (κ1) is 13.8. The number of carbonyl (C=O) groups is 1. The van der Waals surface area contributed by atoms with Gasteiger partial charge in [0.2, 0.25) is 0 Å². The Morgan fingerprint density at radius 3 is 2.84 bits per heavy atom. The standard InChI is InChI=1S/C15H23N3O/c1-10-5-6-12(3)18(9-10)15(19)13-8-17-11(2)7-14(13)16-4/h7-8,10,12H,5-6,9H2,1-4H3,(H,16,17). The smallest absolute Gasteiger partial charge is 0.257 e. The van der Waals surface area contributed by atoms with E-state index in [0.717, 1.165) is 24.3 Å². The molecule has 19 heavy (non-hydrogen) atoms. The molecule has 0 spiro atoms. The lowest BCUT2D eigenvalue weighted by atomic mass is 9.94. The number of aryl methyl sites for hydroxylation is 1. The summed E-state index contributed by atoms with van der Waals surface area (Å²) in [5.74, 6) is 0.674. The molecule has 0 bridgehead atoms. The summed E-state index contributed by atoms with van der Waals surface area (Å²) in [6, 6.07) is 2.24. The number of nitrogens with zero attached hydrogens (tertiary/aromatic N) is 2. The second-order valence-corrected chi connectivity index (χ2v) is 5.61. The van der Waals surface area contributed by atoms with Crippen LogP contribution in [0.3, 0.4) is 0 Å². The van der Waals surface area contributed by atoms with Crippen molar-refractivity contribution in [2.45, 2.75) is 39.7 Å². The molecular weight excluding hydrogens is 238 g/mol. The molecule has 1 fully saturated rings. The third-order valence-corrected chi connectivity index (χ3v) is 3.92. The highest BCUT2D eigenvalue weighted by molar-refractivity contribution is 5.99. The van der Waals surface area contributed by atoms with Crippen LogP contribution in [0.25, 0.3) is 0 Å². The summed E-state index contributed by atoms with van der Waals surface area (Å²) >= 11 is 0. The van der Waals surface area contributed by atoms with E-state index in [1.165, 1.54) is 6.42 Å². The zero-order chi connectivity index (χ0) is 14.0. The average Bonchev–Trinajstić information content (AvgIpc) is 2.40. The second kappa shape index (κ2) is 5.59. The predicted octanol–water partition coefficient (Wildman–Crippen LogP) is 2.69. The van der Waals surface area contributed by atoms with Crippen LogP contribution in [0.4, 0.5) is 5.69 Å². The fraction of sp³-hybridized carbons (Fsp3) is 0.600. The van der Waals surface area contributed by atoms with Gasteiger partial charge in [0.1, 0.15) is 0 Å². The fourth-order valence-corrected chi connectivity index (χ4v) is 2.66. The van der Waals surface area contributed by atoms with Crippen LogP contribution in [0.5, 0.6) is 0 Å². The zero-order valence-electron chi connectivity index (χ0n) is 12.2. The summed E-state index contributed by atoms with van der Waals surface area (Å²) in [6.07, 6.45) is 3.98. The van der Waals surface area contributed by atoms with Gasteiger partial charge in [-0.2, -0.15) is 0 Å². The maximum absolute atomic E-state index is 12.7. The van der Waals surface area contributed by atoms with Gasteiger partial charge >= 0.3 is 0 Å². The van der Waals surface area contributed by atoms with Gasteiger partial charge in [-0.25, -0.2) is 0 Å². The van der Waals surface area contributed by atoms with Crippen molar-refractivity contribution in [2.24, 2.45) is 5.92 Å². The summed E-state index contributed by atoms with van der Waals surface area (Å²) in [5.41, 5.74) is 2.46. The Labute approximate surface area is 115 Å². The fourth-order valence-electron chi connectivity index (χ4n) is 2.66. The molecule has 2 unspecified atom stereocenters. The Kier molecular flexibility index (Phi) is 4.08. The largest absolute Gasteiger partial charge is 0.387 e. The number of rotatable bonds is 2. The molecule has 4 heteroatoms. The van der Waals surface area contributed by atoms with E-state index in [1.807, 2.05) is 24.9 Å². The van der Waals surface area contributed by atoms with E-state index in [1.54, 1.807) is 6.20 Å². The maximum atomic E-state index is 12.7. The molecular formula is C15H23N3O. The first-order valence-corrected chi connectivity index (χ1v) is 6.98. The molecule has 1 saturated heterocycles. The van der Waals surface area contributed by atoms with Gasteiger partial charge < -0.3 is 10.2 Å². The van der Waals surface area contributed by atoms with E-state index in [0.29, 0.717) is 17.5 Å². The van der Waals surface area contributed by atoms with Crippen LogP contribution in [0, 0.1) is 12.8 Å². The van der Waals surface area contributed by atoms with E-state index in [2.05, 4.69) is 24.1 Å². The van der Waals surface area contributed by atoms with Crippen molar-refractivity contribution >= 4 is 11.6 Å². The molecule has 1 aliphatic rings. The molecule has 0 aromatic carbocycles. The van der Waals surface area contributed by atoms with E-state index in [4.69, 9.17) is 0 Å². The number of carbonyl (C=O) groups excluding carboxylic acids is 1. The van der Waals surface area contributed by atoms with Gasteiger partial charge in [0.25, 0.3) is 5.91 Å². The molecule has 2 rings (SSSR count). The lowest BCUT2D eigenvalue weighted by Gasteiger charge is -2.37. The molecule has 1 amide bonds. The number of hydrogen-bond donors (Lipinski definition) is 1. The zero-order valence-corrected chi connectivity index (χ0v) is 12.2. The molecule has 0 saturated carbocycles. The van der Waals surface area contributed by atoms with Gasteiger partial charge in [0.05, 0.1) is 11.3 Å².